The molecule has 1 saturated heterocycles. The smallest absolute Gasteiger partial charge is 0.246 e. The van der Waals surface area contributed by atoms with Crippen molar-refractivity contribution in [3.63, 3.8) is 0 Å². The maximum Gasteiger partial charge on any atom is 0.246 e. The Labute approximate surface area is 128 Å². The van der Waals surface area contributed by atoms with Crippen molar-refractivity contribution < 1.29 is 9.59 Å². The van der Waals surface area contributed by atoms with E-state index in [-0.39, 0.29) is 35.9 Å². The molecule has 3 unspecified atom stereocenters. The molecular weight excluding hydrogens is 264 g/mol. The average Bonchev–Trinajstić information content (AvgIpc) is 2.42. The zero-order valence-electron chi connectivity index (χ0n) is 13.6. The second-order valence-corrected chi connectivity index (χ2v) is 7.06. The number of amides is 2. The summed E-state index contributed by atoms with van der Waals surface area (Å²) in [6.45, 7) is 8.21. The molecule has 21 heavy (non-hydrogen) atoms. The first-order valence-corrected chi connectivity index (χ1v) is 8.19. The Balaban J connectivity index is 2.25. The second-order valence-electron chi connectivity index (χ2n) is 7.06. The molecule has 1 aliphatic carbocycles. The van der Waals surface area contributed by atoms with Gasteiger partial charge in [0, 0.05) is 6.04 Å². The van der Waals surface area contributed by atoms with Crippen LogP contribution in [0.5, 0.6) is 0 Å². The van der Waals surface area contributed by atoms with Crippen LogP contribution in [0, 0.1) is 11.8 Å². The maximum atomic E-state index is 12.9. The Kier molecular flexibility index (Phi) is 5.07. The van der Waals surface area contributed by atoms with Crippen LogP contribution in [-0.4, -0.2) is 34.8 Å². The summed E-state index contributed by atoms with van der Waals surface area (Å²) < 4.78 is 0. The van der Waals surface area contributed by atoms with Crippen LogP contribution in [0.2, 0.25) is 0 Å². The van der Waals surface area contributed by atoms with Gasteiger partial charge in [-0.1, -0.05) is 39.8 Å². The number of nitrogens with one attached hydrogen (secondary N) is 1. The van der Waals surface area contributed by atoms with Gasteiger partial charge in [0.2, 0.25) is 11.8 Å². The molecule has 0 aromatic heterocycles. The molecule has 1 aliphatic heterocycles. The number of nitrogens with zero attached hydrogens (tertiary/aromatic N) is 1. The summed E-state index contributed by atoms with van der Waals surface area (Å²) >= 11 is 0. The summed E-state index contributed by atoms with van der Waals surface area (Å²) in [6.07, 6.45) is 7.86. The SMILES string of the molecule is CC(C)CC1NC(=O)C(C(C)C)N(C2CC=CCC2)C1=O. The number of carbonyl (C=O) groups is 2. The number of hydrogen-bond acceptors (Lipinski definition) is 2. The highest BCUT2D eigenvalue weighted by Gasteiger charge is 2.44. The molecule has 0 spiro atoms. The van der Waals surface area contributed by atoms with Gasteiger partial charge in [-0.15, -0.1) is 0 Å². The second kappa shape index (κ2) is 6.63. The normalized spacial score (nSPS) is 30.2. The Morgan fingerprint density at radius 1 is 1.24 bits per heavy atom. The van der Waals surface area contributed by atoms with E-state index in [4.69, 9.17) is 0 Å². The van der Waals surface area contributed by atoms with Gasteiger partial charge in [0.1, 0.15) is 12.1 Å². The summed E-state index contributed by atoms with van der Waals surface area (Å²) in [6, 6.07) is -0.494. The van der Waals surface area contributed by atoms with Crippen LogP contribution in [0.4, 0.5) is 0 Å². The number of rotatable bonds is 4. The lowest BCUT2D eigenvalue weighted by Gasteiger charge is -2.45. The predicted molar refractivity (Wildman–Crippen MR) is 83.6 cm³/mol. The van der Waals surface area contributed by atoms with Gasteiger partial charge in [-0.3, -0.25) is 9.59 Å². The van der Waals surface area contributed by atoms with Gasteiger partial charge in [0.05, 0.1) is 0 Å². The lowest BCUT2D eigenvalue weighted by molar-refractivity contribution is -0.154. The van der Waals surface area contributed by atoms with E-state index in [2.05, 4.69) is 31.3 Å². The van der Waals surface area contributed by atoms with Crippen molar-refractivity contribution in [1.82, 2.24) is 10.2 Å². The fourth-order valence-corrected chi connectivity index (χ4v) is 3.45. The summed E-state index contributed by atoms with van der Waals surface area (Å²) in [5.74, 6) is 0.662. The van der Waals surface area contributed by atoms with E-state index >= 15 is 0 Å². The molecule has 118 valence electrons. The maximum absolute atomic E-state index is 12.9. The Bertz CT molecular complexity index is 429. The lowest BCUT2D eigenvalue weighted by Crippen LogP contribution is -2.67. The van der Waals surface area contributed by atoms with Crippen molar-refractivity contribution >= 4 is 11.8 Å². The largest absolute Gasteiger partial charge is 0.342 e. The van der Waals surface area contributed by atoms with Crippen LogP contribution in [0.3, 0.4) is 0 Å². The third kappa shape index (κ3) is 3.47. The van der Waals surface area contributed by atoms with Crippen molar-refractivity contribution in [2.75, 3.05) is 0 Å². The molecule has 3 atom stereocenters. The van der Waals surface area contributed by atoms with Crippen LogP contribution < -0.4 is 5.32 Å². The van der Waals surface area contributed by atoms with E-state index in [0.717, 1.165) is 19.3 Å². The molecule has 4 heteroatoms. The molecule has 1 N–H and O–H groups in total. The summed E-state index contributed by atoms with van der Waals surface area (Å²) in [7, 11) is 0. The molecule has 0 saturated carbocycles. The van der Waals surface area contributed by atoms with E-state index in [0.29, 0.717) is 12.3 Å². The minimum atomic E-state index is -0.349. The van der Waals surface area contributed by atoms with Crippen molar-refractivity contribution in [2.45, 2.75) is 71.5 Å². The van der Waals surface area contributed by atoms with Crippen LogP contribution in [-0.2, 0) is 9.59 Å². The molecule has 0 bridgehead atoms. The summed E-state index contributed by atoms with van der Waals surface area (Å²) in [4.78, 5) is 27.3. The number of hydrogen-bond donors (Lipinski definition) is 1. The van der Waals surface area contributed by atoms with Crippen molar-refractivity contribution in [2.24, 2.45) is 11.8 Å². The number of allylic oxidation sites excluding steroid dienone is 1. The minimum Gasteiger partial charge on any atom is -0.342 e. The van der Waals surface area contributed by atoms with Gasteiger partial charge >= 0.3 is 0 Å². The topological polar surface area (TPSA) is 49.4 Å². The molecule has 1 fully saturated rings. The Morgan fingerprint density at radius 2 is 1.95 bits per heavy atom. The standard InChI is InChI=1S/C17H28N2O2/c1-11(2)10-14-17(21)19(13-8-6-5-7-9-13)15(12(3)4)16(20)18-14/h5-6,11-15H,7-10H2,1-4H3,(H,18,20). The summed E-state index contributed by atoms with van der Waals surface area (Å²) in [5.41, 5.74) is 0. The van der Waals surface area contributed by atoms with Crippen LogP contribution in [0.1, 0.15) is 53.4 Å². The van der Waals surface area contributed by atoms with E-state index < -0.39 is 0 Å². The fourth-order valence-electron chi connectivity index (χ4n) is 3.45. The van der Waals surface area contributed by atoms with Crippen LogP contribution in [0.25, 0.3) is 0 Å². The van der Waals surface area contributed by atoms with Crippen LogP contribution in [0.15, 0.2) is 12.2 Å². The monoisotopic (exact) mass is 292 g/mol. The summed E-state index contributed by atoms with van der Waals surface area (Å²) in [5, 5.41) is 2.95. The Morgan fingerprint density at radius 3 is 2.48 bits per heavy atom. The number of piperazine rings is 1. The predicted octanol–water partition coefficient (Wildman–Crippen LogP) is 2.49. The molecule has 2 amide bonds. The van der Waals surface area contributed by atoms with Crippen molar-refractivity contribution in [3.05, 3.63) is 12.2 Å². The molecule has 1 heterocycles. The zero-order valence-corrected chi connectivity index (χ0v) is 13.6. The highest BCUT2D eigenvalue weighted by molar-refractivity contribution is 5.97. The molecule has 2 rings (SSSR count). The molecule has 0 aromatic carbocycles. The van der Waals surface area contributed by atoms with E-state index in [1.807, 2.05) is 18.7 Å². The van der Waals surface area contributed by atoms with Gasteiger partial charge in [0.25, 0.3) is 0 Å². The molecular formula is C17H28N2O2. The first-order chi connectivity index (χ1) is 9.91. The van der Waals surface area contributed by atoms with E-state index in [1.54, 1.807) is 0 Å². The third-order valence-corrected chi connectivity index (χ3v) is 4.41. The molecule has 0 radical (unpaired) electrons. The highest BCUT2D eigenvalue weighted by Crippen LogP contribution is 2.27. The highest BCUT2D eigenvalue weighted by atomic mass is 16.2. The van der Waals surface area contributed by atoms with Gasteiger partial charge in [-0.25, -0.2) is 0 Å². The van der Waals surface area contributed by atoms with Crippen molar-refractivity contribution in [3.8, 4) is 0 Å². The first kappa shape index (κ1) is 16.1. The zero-order chi connectivity index (χ0) is 15.6. The van der Waals surface area contributed by atoms with E-state index in [9.17, 15) is 9.59 Å². The molecule has 2 aliphatic rings. The molecule has 4 nitrogen and oxygen atoms in total. The van der Waals surface area contributed by atoms with Gasteiger partial charge in [-0.2, -0.15) is 0 Å². The van der Waals surface area contributed by atoms with E-state index in [1.165, 1.54) is 0 Å². The quantitative estimate of drug-likeness (QED) is 0.809. The fraction of sp³-hybridized carbons (Fsp3) is 0.765. The van der Waals surface area contributed by atoms with Gasteiger partial charge in [-0.05, 0) is 37.5 Å². The minimum absolute atomic E-state index is 0.0183. The van der Waals surface area contributed by atoms with Gasteiger partial charge < -0.3 is 10.2 Å². The van der Waals surface area contributed by atoms with Crippen molar-refractivity contribution in [1.29, 1.82) is 0 Å². The van der Waals surface area contributed by atoms with Crippen LogP contribution >= 0.6 is 0 Å². The average molecular weight is 292 g/mol. The Hall–Kier alpha value is -1.32. The number of carbonyl (C=O) groups excluding carboxylic acids is 2. The first-order valence-electron chi connectivity index (χ1n) is 8.19. The third-order valence-electron chi connectivity index (χ3n) is 4.41. The van der Waals surface area contributed by atoms with Gasteiger partial charge in [0.15, 0.2) is 0 Å². The molecule has 0 aromatic rings. The lowest BCUT2D eigenvalue weighted by atomic mass is 9.89.